The molecule has 0 bridgehead atoms. The lowest BCUT2D eigenvalue weighted by atomic mass is 9.97. The second-order valence-corrected chi connectivity index (χ2v) is 10.3. The standard InChI is InChI=1S/C24H31NO8S/c1-16(26)32-14-19-12-18(20(15-34(28,29)30)13-25-24(2,3)4)8-11-22(19)33-23(27)17-6-9-21(31-5)10-7-17/h6-12,20,25H,13-15H2,1-5H3,(H,28,29,30). The van der Waals surface area contributed by atoms with Gasteiger partial charge in [-0.3, -0.25) is 9.35 Å². The summed E-state index contributed by atoms with van der Waals surface area (Å²) in [5.74, 6) is -1.50. The molecular formula is C24H31NO8S. The van der Waals surface area contributed by atoms with Gasteiger partial charge in [0.1, 0.15) is 18.1 Å². The monoisotopic (exact) mass is 493 g/mol. The summed E-state index contributed by atoms with van der Waals surface area (Å²) in [6.07, 6.45) is 0. The van der Waals surface area contributed by atoms with Crippen molar-refractivity contribution in [1.82, 2.24) is 5.32 Å². The second-order valence-electron chi connectivity index (χ2n) is 8.84. The van der Waals surface area contributed by atoms with E-state index in [1.54, 1.807) is 36.4 Å². The third-order valence-electron chi connectivity index (χ3n) is 4.81. The summed E-state index contributed by atoms with van der Waals surface area (Å²) in [7, 11) is -2.75. The molecule has 34 heavy (non-hydrogen) atoms. The maximum absolute atomic E-state index is 12.6. The zero-order valence-corrected chi connectivity index (χ0v) is 20.8. The van der Waals surface area contributed by atoms with Crippen LogP contribution in [0.4, 0.5) is 0 Å². The SMILES string of the molecule is COc1ccc(C(=O)Oc2ccc(C(CNC(C)(C)C)CS(=O)(=O)O)cc2COC(C)=O)cc1. The molecule has 10 heteroatoms. The predicted octanol–water partition coefficient (Wildman–Crippen LogP) is 3.34. The molecular weight excluding hydrogens is 462 g/mol. The van der Waals surface area contributed by atoms with E-state index in [1.165, 1.54) is 20.1 Å². The van der Waals surface area contributed by atoms with Gasteiger partial charge in [0.15, 0.2) is 0 Å². The van der Waals surface area contributed by atoms with E-state index in [1.807, 2.05) is 20.8 Å². The number of benzene rings is 2. The summed E-state index contributed by atoms with van der Waals surface area (Å²) in [5.41, 5.74) is 0.958. The van der Waals surface area contributed by atoms with Crippen LogP contribution in [0.25, 0.3) is 0 Å². The van der Waals surface area contributed by atoms with Crippen molar-refractivity contribution in [2.75, 3.05) is 19.4 Å². The normalized spacial score (nSPS) is 12.6. The van der Waals surface area contributed by atoms with Crippen LogP contribution < -0.4 is 14.8 Å². The number of ether oxygens (including phenoxy) is 3. The van der Waals surface area contributed by atoms with Gasteiger partial charge in [0.05, 0.1) is 18.4 Å². The topological polar surface area (TPSA) is 128 Å². The molecule has 2 rings (SSSR count). The van der Waals surface area contributed by atoms with Gasteiger partial charge >= 0.3 is 11.9 Å². The molecule has 0 aromatic heterocycles. The van der Waals surface area contributed by atoms with Crippen LogP contribution in [0.2, 0.25) is 0 Å². The first kappa shape index (κ1) is 27.3. The highest BCUT2D eigenvalue weighted by atomic mass is 32.2. The Labute approximate surface area is 200 Å². The van der Waals surface area contributed by atoms with Gasteiger partial charge in [-0.15, -0.1) is 0 Å². The van der Waals surface area contributed by atoms with Crippen LogP contribution in [-0.4, -0.2) is 49.9 Å². The molecule has 0 saturated heterocycles. The molecule has 0 spiro atoms. The fourth-order valence-electron chi connectivity index (χ4n) is 3.09. The Kier molecular flexibility index (Phi) is 9.20. The van der Waals surface area contributed by atoms with Crippen LogP contribution in [0.3, 0.4) is 0 Å². The number of carbonyl (C=O) groups excluding carboxylic acids is 2. The summed E-state index contributed by atoms with van der Waals surface area (Å²) in [4.78, 5) is 24.0. The molecule has 1 atom stereocenters. The van der Waals surface area contributed by atoms with Crippen molar-refractivity contribution in [3.8, 4) is 11.5 Å². The summed E-state index contributed by atoms with van der Waals surface area (Å²) in [5, 5.41) is 3.23. The molecule has 2 aromatic rings. The Morgan fingerprint density at radius 3 is 2.26 bits per heavy atom. The Morgan fingerprint density at radius 2 is 1.74 bits per heavy atom. The molecule has 2 aromatic carbocycles. The Morgan fingerprint density at radius 1 is 1.09 bits per heavy atom. The minimum atomic E-state index is -4.27. The van der Waals surface area contributed by atoms with Gasteiger partial charge in [0.25, 0.3) is 10.1 Å². The number of hydrogen-bond acceptors (Lipinski definition) is 8. The van der Waals surface area contributed by atoms with Crippen molar-refractivity contribution in [1.29, 1.82) is 0 Å². The van der Waals surface area contributed by atoms with Gasteiger partial charge in [-0.2, -0.15) is 8.42 Å². The highest BCUT2D eigenvalue weighted by Crippen LogP contribution is 2.28. The lowest BCUT2D eigenvalue weighted by Crippen LogP contribution is -2.39. The van der Waals surface area contributed by atoms with Crippen LogP contribution in [0.1, 0.15) is 55.1 Å². The zero-order chi connectivity index (χ0) is 25.5. The lowest BCUT2D eigenvalue weighted by Gasteiger charge is -2.25. The van der Waals surface area contributed by atoms with Gasteiger partial charge in [-0.25, -0.2) is 4.79 Å². The van der Waals surface area contributed by atoms with Crippen molar-refractivity contribution in [3.05, 3.63) is 59.2 Å². The largest absolute Gasteiger partial charge is 0.497 e. The minimum absolute atomic E-state index is 0.167. The van der Waals surface area contributed by atoms with Gasteiger partial charge in [0, 0.05) is 30.5 Å². The van der Waals surface area contributed by atoms with E-state index in [-0.39, 0.29) is 24.4 Å². The fourth-order valence-corrected chi connectivity index (χ4v) is 3.91. The second kappa shape index (κ2) is 11.5. The first-order valence-corrected chi connectivity index (χ1v) is 12.2. The van der Waals surface area contributed by atoms with E-state index in [0.717, 1.165) is 0 Å². The molecule has 0 heterocycles. The quantitative estimate of drug-likeness (QED) is 0.291. The summed E-state index contributed by atoms with van der Waals surface area (Å²) >= 11 is 0. The third-order valence-corrected chi connectivity index (χ3v) is 5.63. The van der Waals surface area contributed by atoms with Crippen LogP contribution >= 0.6 is 0 Å². The van der Waals surface area contributed by atoms with Gasteiger partial charge < -0.3 is 19.5 Å². The first-order valence-electron chi connectivity index (χ1n) is 10.6. The summed E-state index contributed by atoms with van der Waals surface area (Å²) < 4.78 is 48.5. The summed E-state index contributed by atoms with van der Waals surface area (Å²) in [6.45, 7) is 7.14. The molecule has 0 radical (unpaired) electrons. The van der Waals surface area contributed by atoms with Crippen LogP contribution in [0, 0.1) is 0 Å². The van der Waals surface area contributed by atoms with Gasteiger partial charge in [-0.05, 0) is 62.7 Å². The maximum Gasteiger partial charge on any atom is 0.343 e. The highest BCUT2D eigenvalue weighted by Gasteiger charge is 2.23. The van der Waals surface area contributed by atoms with E-state index in [2.05, 4.69) is 5.32 Å². The molecule has 0 aliphatic carbocycles. The van der Waals surface area contributed by atoms with Crippen LogP contribution in [0.15, 0.2) is 42.5 Å². The number of carbonyl (C=O) groups is 2. The van der Waals surface area contributed by atoms with E-state index in [0.29, 0.717) is 22.4 Å². The van der Waals surface area contributed by atoms with E-state index in [4.69, 9.17) is 14.2 Å². The van der Waals surface area contributed by atoms with Crippen molar-refractivity contribution in [2.24, 2.45) is 0 Å². The fraction of sp³-hybridized carbons (Fsp3) is 0.417. The lowest BCUT2D eigenvalue weighted by molar-refractivity contribution is -0.142. The Bertz CT molecular complexity index is 1100. The van der Waals surface area contributed by atoms with Crippen LogP contribution in [-0.2, 0) is 26.3 Å². The molecule has 9 nitrogen and oxygen atoms in total. The predicted molar refractivity (Wildman–Crippen MR) is 127 cm³/mol. The van der Waals surface area contributed by atoms with Crippen molar-refractivity contribution >= 4 is 22.1 Å². The van der Waals surface area contributed by atoms with Crippen molar-refractivity contribution in [3.63, 3.8) is 0 Å². The number of nitrogens with one attached hydrogen (secondary N) is 1. The zero-order valence-electron chi connectivity index (χ0n) is 20.0. The van der Waals surface area contributed by atoms with Gasteiger partial charge in [0.2, 0.25) is 0 Å². The Balaban J connectivity index is 2.37. The maximum atomic E-state index is 12.6. The van der Waals surface area contributed by atoms with E-state index < -0.39 is 33.7 Å². The molecule has 0 aliphatic rings. The molecule has 0 aliphatic heterocycles. The molecule has 1 unspecified atom stereocenters. The van der Waals surface area contributed by atoms with Crippen LogP contribution in [0.5, 0.6) is 11.5 Å². The average molecular weight is 494 g/mol. The number of methoxy groups -OCH3 is 1. The first-order chi connectivity index (χ1) is 15.8. The molecule has 186 valence electrons. The van der Waals surface area contributed by atoms with Gasteiger partial charge in [-0.1, -0.05) is 6.07 Å². The van der Waals surface area contributed by atoms with Crippen molar-refractivity contribution in [2.45, 2.75) is 45.8 Å². The molecule has 0 amide bonds. The molecule has 2 N–H and O–H groups in total. The average Bonchev–Trinajstić information content (AvgIpc) is 2.74. The van der Waals surface area contributed by atoms with E-state index >= 15 is 0 Å². The molecule has 0 saturated carbocycles. The number of rotatable bonds is 10. The molecule has 0 fully saturated rings. The number of esters is 2. The smallest absolute Gasteiger partial charge is 0.343 e. The van der Waals surface area contributed by atoms with Crippen molar-refractivity contribution < 1.29 is 36.8 Å². The van der Waals surface area contributed by atoms with E-state index in [9.17, 15) is 22.6 Å². The number of hydrogen-bond donors (Lipinski definition) is 2. The highest BCUT2D eigenvalue weighted by molar-refractivity contribution is 7.85. The summed E-state index contributed by atoms with van der Waals surface area (Å²) in [6, 6.07) is 11.1. The Hall–Kier alpha value is -2.95. The third kappa shape index (κ3) is 9.12. The minimum Gasteiger partial charge on any atom is -0.497 e.